The maximum atomic E-state index is 13.5. The molecular formula is C22H22FN3O2. The average Bonchev–Trinajstić information content (AvgIpc) is 2.99. The highest BCUT2D eigenvalue weighted by Gasteiger charge is 2.17. The maximum absolute atomic E-state index is 13.5. The van der Waals surface area contributed by atoms with Crippen LogP contribution < -0.4 is 5.43 Å². The Balaban J connectivity index is 1.89. The Bertz CT molecular complexity index is 1040. The van der Waals surface area contributed by atoms with E-state index in [1.807, 2.05) is 55.7 Å². The summed E-state index contributed by atoms with van der Waals surface area (Å²) in [5, 5.41) is 14.1. The van der Waals surface area contributed by atoms with Crippen LogP contribution in [-0.2, 0) is 0 Å². The molecule has 0 atom stereocenters. The van der Waals surface area contributed by atoms with E-state index in [1.54, 1.807) is 6.07 Å². The minimum atomic E-state index is -0.480. The lowest BCUT2D eigenvalue weighted by atomic mass is 10.1. The molecule has 1 amide bonds. The zero-order chi connectivity index (χ0) is 20.3. The molecule has 0 unspecified atom stereocenters. The highest BCUT2D eigenvalue weighted by atomic mass is 19.1. The van der Waals surface area contributed by atoms with Crippen molar-refractivity contribution in [2.24, 2.45) is 5.10 Å². The van der Waals surface area contributed by atoms with Crippen molar-refractivity contribution in [2.45, 2.75) is 27.2 Å². The molecule has 6 heteroatoms. The van der Waals surface area contributed by atoms with E-state index in [1.165, 1.54) is 18.2 Å². The van der Waals surface area contributed by atoms with Crippen LogP contribution in [0.2, 0.25) is 0 Å². The Morgan fingerprint density at radius 3 is 2.50 bits per heavy atom. The molecule has 1 heterocycles. The van der Waals surface area contributed by atoms with Gasteiger partial charge in [0.2, 0.25) is 0 Å². The smallest absolute Gasteiger partial charge is 0.273 e. The van der Waals surface area contributed by atoms with Crippen LogP contribution in [0, 0.1) is 19.7 Å². The number of para-hydroxylation sites is 1. The lowest BCUT2D eigenvalue weighted by Crippen LogP contribution is -2.20. The third-order valence-electron chi connectivity index (χ3n) is 4.59. The first-order valence-electron chi connectivity index (χ1n) is 9.02. The molecule has 2 N–H and O–H groups in total. The van der Waals surface area contributed by atoms with Crippen LogP contribution >= 0.6 is 0 Å². The summed E-state index contributed by atoms with van der Waals surface area (Å²) in [6.07, 6.45) is 0.417. The summed E-state index contributed by atoms with van der Waals surface area (Å²) in [5.41, 5.74) is 6.38. The minimum absolute atomic E-state index is 0.0847. The van der Waals surface area contributed by atoms with Gasteiger partial charge in [-0.3, -0.25) is 4.79 Å². The Morgan fingerprint density at radius 2 is 1.82 bits per heavy atom. The molecule has 0 aliphatic carbocycles. The number of aromatic hydroxyl groups is 1. The normalized spacial score (nSPS) is 11.5. The third-order valence-corrected chi connectivity index (χ3v) is 4.59. The fraction of sp³-hybridized carbons (Fsp3) is 0.182. The molecule has 0 aliphatic heterocycles. The Kier molecular flexibility index (Phi) is 5.59. The summed E-state index contributed by atoms with van der Waals surface area (Å²) >= 11 is 0. The molecule has 2 aromatic carbocycles. The Morgan fingerprint density at radius 1 is 1.11 bits per heavy atom. The van der Waals surface area contributed by atoms with Crippen LogP contribution in [0.25, 0.3) is 5.69 Å². The number of nitrogens with zero attached hydrogens (tertiary/aromatic N) is 2. The monoisotopic (exact) mass is 379 g/mol. The van der Waals surface area contributed by atoms with Gasteiger partial charge in [-0.25, -0.2) is 9.82 Å². The van der Waals surface area contributed by atoms with E-state index in [0.717, 1.165) is 17.1 Å². The molecule has 3 rings (SSSR count). The van der Waals surface area contributed by atoms with Gasteiger partial charge in [0.25, 0.3) is 5.91 Å². The number of benzene rings is 2. The predicted octanol–water partition coefficient (Wildman–Crippen LogP) is 4.48. The van der Waals surface area contributed by atoms with E-state index in [0.29, 0.717) is 17.7 Å². The maximum Gasteiger partial charge on any atom is 0.273 e. The summed E-state index contributed by atoms with van der Waals surface area (Å²) in [5.74, 6) is -0.928. The van der Waals surface area contributed by atoms with Crippen LogP contribution in [0.15, 0.2) is 59.7 Å². The van der Waals surface area contributed by atoms with E-state index >= 15 is 0 Å². The molecule has 0 spiro atoms. The number of carbonyl (C=O) groups is 1. The second-order valence-electron chi connectivity index (χ2n) is 6.47. The zero-order valence-corrected chi connectivity index (χ0v) is 16.0. The van der Waals surface area contributed by atoms with Gasteiger partial charge in [0.1, 0.15) is 11.6 Å². The zero-order valence-electron chi connectivity index (χ0n) is 16.0. The number of aromatic nitrogens is 1. The highest BCUT2D eigenvalue weighted by Crippen LogP contribution is 2.22. The van der Waals surface area contributed by atoms with E-state index < -0.39 is 5.82 Å². The molecular weight excluding hydrogens is 357 g/mol. The molecule has 0 saturated carbocycles. The quantitative estimate of drug-likeness (QED) is 0.507. The summed E-state index contributed by atoms with van der Waals surface area (Å²) < 4.78 is 15.5. The Hall–Kier alpha value is -3.41. The van der Waals surface area contributed by atoms with Crippen molar-refractivity contribution in [1.82, 2.24) is 9.99 Å². The Labute approximate surface area is 163 Å². The lowest BCUT2D eigenvalue weighted by Gasteiger charge is -2.10. The fourth-order valence-electron chi connectivity index (χ4n) is 3.21. The predicted molar refractivity (Wildman–Crippen MR) is 108 cm³/mol. The summed E-state index contributed by atoms with van der Waals surface area (Å²) in [6.45, 7) is 5.62. The molecule has 144 valence electrons. The number of carbonyl (C=O) groups excluding carboxylic acids is 1. The van der Waals surface area contributed by atoms with Crippen LogP contribution in [0.1, 0.15) is 40.7 Å². The SMILES string of the molecule is CCC(=NNC(=O)c1cc(C)n(-c2ccccc2)c1C)c1cc(F)ccc1O. The van der Waals surface area contributed by atoms with Crippen LogP contribution in [0.5, 0.6) is 5.75 Å². The van der Waals surface area contributed by atoms with Crippen molar-refractivity contribution in [3.8, 4) is 11.4 Å². The molecule has 28 heavy (non-hydrogen) atoms. The first kappa shape index (κ1) is 19.4. The summed E-state index contributed by atoms with van der Waals surface area (Å²) in [6, 6.07) is 15.2. The molecule has 5 nitrogen and oxygen atoms in total. The van der Waals surface area contributed by atoms with Gasteiger partial charge in [-0.1, -0.05) is 25.1 Å². The first-order chi connectivity index (χ1) is 13.4. The molecule has 0 fully saturated rings. The van der Waals surface area contributed by atoms with Gasteiger partial charge in [-0.05, 0) is 56.7 Å². The topological polar surface area (TPSA) is 66.6 Å². The number of rotatable bonds is 5. The largest absolute Gasteiger partial charge is 0.507 e. The molecule has 0 radical (unpaired) electrons. The number of phenols is 1. The number of aryl methyl sites for hydroxylation is 1. The van der Waals surface area contributed by atoms with Crippen molar-refractivity contribution >= 4 is 11.6 Å². The first-order valence-corrected chi connectivity index (χ1v) is 9.02. The molecule has 0 bridgehead atoms. The lowest BCUT2D eigenvalue weighted by molar-refractivity contribution is 0.0954. The molecule has 0 aliphatic rings. The standard InChI is InChI=1S/C22H22FN3O2/c1-4-20(19-13-16(23)10-11-21(19)27)24-25-22(28)18-12-14(2)26(15(18)3)17-8-6-5-7-9-17/h5-13,27H,4H2,1-3H3,(H,25,28). The van der Waals surface area contributed by atoms with E-state index in [4.69, 9.17) is 0 Å². The van der Waals surface area contributed by atoms with Crippen molar-refractivity contribution in [2.75, 3.05) is 0 Å². The van der Waals surface area contributed by atoms with Crippen molar-refractivity contribution in [3.63, 3.8) is 0 Å². The average molecular weight is 379 g/mol. The van der Waals surface area contributed by atoms with Crippen LogP contribution in [-0.4, -0.2) is 21.3 Å². The van der Waals surface area contributed by atoms with Crippen molar-refractivity contribution < 1.29 is 14.3 Å². The van der Waals surface area contributed by atoms with E-state index in [2.05, 4.69) is 10.5 Å². The number of hydrazone groups is 1. The number of hydrogen-bond acceptors (Lipinski definition) is 3. The number of hydrogen-bond donors (Lipinski definition) is 2. The third kappa shape index (κ3) is 3.81. The summed E-state index contributed by atoms with van der Waals surface area (Å²) in [4.78, 5) is 12.7. The number of halogens is 1. The highest BCUT2D eigenvalue weighted by molar-refractivity contribution is 6.04. The number of amides is 1. The van der Waals surface area contributed by atoms with Gasteiger partial charge < -0.3 is 9.67 Å². The second-order valence-corrected chi connectivity index (χ2v) is 6.47. The van der Waals surface area contributed by atoms with Gasteiger partial charge in [-0.15, -0.1) is 0 Å². The van der Waals surface area contributed by atoms with Crippen molar-refractivity contribution in [3.05, 3.63) is 82.9 Å². The van der Waals surface area contributed by atoms with Crippen LogP contribution in [0.3, 0.4) is 0 Å². The van der Waals surface area contributed by atoms with E-state index in [-0.39, 0.29) is 17.2 Å². The van der Waals surface area contributed by atoms with Gasteiger partial charge in [-0.2, -0.15) is 5.10 Å². The minimum Gasteiger partial charge on any atom is -0.507 e. The number of phenolic OH excluding ortho intramolecular Hbond substituents is 1. The van der Waals surface area contributed by atoms with Crippen LogP contribution in [0.4, 0.5) is 4.39 Å². The number of nitrogens with one attached hydrogen (secondary N) is 1. The second kappa shape index (κ2) is 8.08. The molecule has 1 aromatic heterocycles. The van der Waals surface area contributed by atoms with Gasteiger partial charge >= 0.3 is 0 Å². The molecule has 3 aromatic rings. The van der Waals surface area contributed by atoms with Gasteiger partial charge in [0.15, 0.2) is 0 Å². The molecule has 0 saturated heterocycles. The van der Waals surface area contributed by atoms with Gasteiger partial charge in [0.05, 0.1) is 11.3 Å². The van der Waals surface area contributed by atoms with Crippen molar-refractivity contribution in [1.29, 1.82) is 0 Å². The summed E-state index contributed by atoms with van der Waals surface area (Å²) in [7, 11) is 0. The van der Waals surface area contributed by atoms with E-state index in [9.17, 15) is 14.3 Å². The van der Waals surface area contributed by atoms with Gasteiger partial charge in [0, 0.05) is 22.6 Å². The fourth-order valence-corrected chi connectivity index (χ4v) is 3.21.